The molecule has 0 unspecified atom stereocenters. The molecule has 33 heavy (non-hydrogen) atoms. The molecule has 0 aliphatic carbocycles. The van der Waals surface area contributed by atoms with Crippen LogP contribution >= 0.6 is 22.6 Å². The van der Waals surface area contributed by atoms with Crippen LogP contribution in [0.2, 0.25) is 0 Å². The highest BCUT2D eigenvalue weighted by molar-refractivity contribution is 14.1. The molecule has 2 aromatic carbocycles. The maximum Gasteiger partial charge on any atom is 0.332 e. The Morgan fingerprint density at radius 1 is 1.18 bits per heavy atom. The summed E-state index contributed by atoms with van der Waals surface area (Å²) in [5, 5.41) is 2.62. The highest BCUT2D eigenvalue weighted by Crippen LogP contribution is 2.36. The summed E-state index contributed by atoms with van der Waals surface area (Å²) < 4.78 is 47.6. The monoisotopic (exact) mass is 583 g/mol. The van der Waals surface area contributed by atoms with E-state index in [-0.39, 0.29) is 11.7 Å². The largest absolute Gasteiger partial charge is 0.481 e. The van der Waals surface area contributed by atoms with Crippen LogP contribution in [0.4, 0.5) is 14.9 Å². The predicted octanol–water partition coefficient (Wildman–Crippen LogP) is 5.28. The number of amides is 2. The van der Waals surface area contributed by atoms with Gasteiger partial charge in [0.1, 0.15) is 5.82 Å². The molecule has 1 heterocycles. The second-order valence-electron chi connectivity index (χ2n) is 7.57. The Bertz CT molecular complexity index is 1280. The highest BCUT2D eigenvalue weighted by Gasteiger charge is 2.21. The van der Waals surface area contributed by atoms with Gasteiger partial charge in [0.15, 0.2) is 0 Å². The van der Waals surface area contributed by atoms with Gasteiger partial charge in [0.05, 0.1) is 18.6 Å². The molecule has 0 aliphatic rings. The van der Waals surface area contributed by atoms with Crippen molar-refractivity contribution in [3.63, 3.8) is 0 Å². The number of anilines is 1. The van der Waals surface area contributed by atoms with Crippen molar-refractivity contribution in [2.75, 3.05) is 12.4 Å². The van der Waals surface area contributed by atoms with Crippen molar-refractivity contribution in [3.8, 4) is 17.0 Å². The van der Waals surface area contributed by atoms with Gasteiger partial charge in [-0.05, 0) is 69.5 Å². The lowest BCUT2D eigenvalue weighted by atomic mass is 9.94. The van der Waals surface area contributed by atoms with Crippen LogP contribution in [0.1, 0.15) is 30.9 Å². The Kier molecular flexibility index (Phi) is 7.90. The number of pyridine rings is 1. The summed E-state index contributed by atoms with van der Waals surface area (Å²) in [5.74, 6) is -0.671. The minimum atomic E-state index is -3.98. The van der Waals surface area contributed by atoms with Crippen LogP contribution in [0, 0.1) is 9.39 Å². The molecular formula is C23H23FIN3O4S. The zero-order valence-corrected chi connectivity index (χ0v) is 21.2. The van der Waals surface area contributed by atoms with E-state index in [0.29, 0.717) is 33.8 Å². The van der Waals surface area contributed by atoms with E-state index in [9.17, 15) is 17.6 Å². The van der Waals surface area contributed by atoms with Gasteiger partial charge in [0.2, 0.25) is 15.9 Å². The highest BCUT2D eigenvalue weighted by atomic mass is 127. The molecule has 0 aliphatic heterocycles. The maximum atomic E-state index is 14.5. The van der Waals surface area contributed by atoms with Crippen molar-refractivity contribution in [2.24, 2.45) is 0 Å². The van der Waals surface area contributed by atoms with Gasteiger partial charge in [-0.25, -0.2) is 27.3 Å². The van der Waals surface area contributed by atoms with E-state index in [1.54, 1.807) is 36.4 Å². The van der Waals surface area contributed by atoms with E-state index >= 15 is 0 Å². The summed E-state index contributed by atoms with van der Waals surface area (Å²) in [7, 11) is -2.52. The van der Waals surface area contributed by atoms with Gasteiger partial charge in [-0.1, -0.05) is 32.0 Å². The average Bonchev–Trinajstić information content (AvgIpc) is 2.75. The fraction of sp³-hybridized carbons (Fsp3) is 0.217. The number of methoxy groups -OCH3 is 1. The summed E-state index contributed by atoms with van der Waals surface area (Å²) in [6.07, 6.45) is 1.50. The molecule has 7 nitrogen and oxygen atoms in total. The van der Waals surface area contributed by atoms with Crippen LogP contribution in [-0.4, -0.2) is 26.5 Å². The smallest absolute Gasteiger partial charge is 0.332 e. The van der Waals surface area contributed by atoms with Crippen LogP contribution in [0.5, 0.6) is 5.88 Å². The number of nitrogens with zero attached hydrogens (tertiary/aromatic N) is 1. The Labute approximate surface area is 206 Å². The van der Waals surface area contributed by atoms with Gasteiger partial charge in [0, 0.05) is 21.4 Å². The van der Waals surface area contributed by atoms with Gasteiger partial charge >= 0.3 is 6.03 Å². The average molecular weight is 583 g/mol. The zero-order chi connectivity index (χ0) is 24.2. The third-order valence-electron chi connectivity index (χ3n) is 4.80. The molecule has 174 valence electrons. The molecular weight excluding hydrogens is 560 g/mol. The number of aromatic nitrogens is 1. The molecule has 0 radical (unpaired) electrons. The fourth-order valence-electron chi connectivity index (χ4n) is 3.28. The van der Waals surface area contributed by atoms with Crippen molar-refractivity contribution >= 4 is 44.3 Å². The standard InChI is InChI=1S/C23H23FIN3O4S/c1-14(2)18-11-17(24)12-19(15-8-9-26-21(10-15)32-3)22(18)27-23(29)28-33(30,31)13-16-6-4-5-7-20(16)25/h4-12,14H,13H2,1-3H3,(H2,27,28,29). The number of benzene rings is 2. The Morgan fingerprint density at radius 3 is 2.58 bits per heavy atom. The van der Waals surface area contributed by atoms with E-state index in [0.717, 1.165) is 3.57 Å². The number of halogens is 2. The normalized spacial score (nSPS) is 11.3. The molecule has 2 N–H and O–H groups in total. The number of carbonyl (C=O) groups excluding carboxylic acids is 1. The summed E-state index contributed by atoms with van der Waals surface area (Å²) in [6, 6.07) is 11.9. The lowest BCUT2D eigenvalue weighted by molar-refractivity contribution is 0.256. The second-order valence-corrected chi connectivity index (χ2v) is 10.5. The Morgan fingerprint density at radius 2 is 1.91 bits per heavy atom. The van der Waals surface area contributed by atoms with E-state index < -0.39 is 21.9 Å². The molecule has 0 fully saturated rings. The third-order valence-corrected chi connectivity index (χ3v) is 7.04. The van der Waals surface area contributed by atoms with Crippen LogP contribution in [0.25, 0.3) is 11.1 Å². The summed E-state index contributed by atoms with van der Waals surface area (Å²) >= 11 is 2.04. The Balaban J connectivity index is 1.94. The summed E-state index contributed by atoms with van der Waals surface area (Å²) in [6.45, 7) is 3.70. The van der Waals surface area contributed by atoms with Crippen LogP contribution < -0.4 is 14.8 Å². The summed E-state index contributed by atoms with van der Waals surface area (Å²) in [5.41, 5.74) is 2.34. The van der Waals surface area contributed by atoms with Crippen molar-refractivity contribution in [3.05, 3.63) is 75.2 Å². The lowest BCUT2D eigenvalue weighted by Crippen LogP contribution is -2.35. The van der Waals surface area contributed by atoms with Crippen molar-refractivity contribution < 1.29 is 22.3 Å². The van der Waals surface area contributed by atoms with Crippen molar-refractivity contribution in [1.29, 1.82) is 0 Å². The van der Waals surface area contributed by atoms with E-state index in [1.165, 1.54) is 25.4 Å². The maximum absolute atomic E-state index is 14.5. The van der Waals surface area contributed by atoms with Crippen molar-refractivity contribution in [1.82, 2.24) is 9.71 Å². The van der Waals surface area contributed by atoms with E-state index in [2.05, 4.69) is 15.0 Å². The molecule has 0 atom stereocenters. The second kappa shape index (κ2) is 10.5. The molecule has 10 heteroatoms. The minimum absolute atomic E-state index is 0.152. The molecule has 2 amide bonds. The van der Waals surface area contributed by atoms with Gasteiger partial charge in [-0.3, -0.25) is 0 Å². The first-order chi connectivity index (χ1) is 15.6. The topological polar surface area (TPSA) is 97.4 Å². The Hall–Kier alpha value is -2.73. The minimum Gasteiger partial charge on any atom is -0.481 e. The SMILES string of the molecule is COc1cc(-c2cc(F)cc(C(C)C)c2NC(=O)NS(=O)(=O)Cc2ccccc2I)ccn1. The number of hydrogen-bond acceptors (Lipinski definition) is 5. The van der Waals surface area contributed by atoms with E-state index in [1.807, 2.05) is 36.4 Å². The first kappa shape index (κ1) is 24.9. The van der Waals surface area contributed by atoms with Crippen molar-refractivity contribution in [2.45, 2.75) is 25.5 Å². The number of nitrogens with one attached hydrogen (secondary N) is 2. The van der Waals surface area contributed by atoms with Crippen LogP contribution in [0.3, 0.4) is 0 Å². The predicted molar refractivity (Wildman–Crippen MR) is 134 cm³/mol. The number of urea groups is 1. The quantitative estimate of drug-likeness (QED) is 0.370. The first-order valence-electron chi connectivity index (χ1n) is 9.98. The van der Waals surface area contributed by atoms with Gasteiger partial charge in [-0.2, -0.15) is 0 Å². The number of carbonyl (C=O) groups is 1. The third kappa shape index (κ3) is 6.41. The molecule has 0 saturated carbocycles. The lowest BCUT2D eigenvalue weighted by Gasteiger charge is -2.19. The molecule has 1 aromatic heterocycles. The molecule has 0 saturated heterocycles. The summed E-state index contributed by atoms with van der Waals surface area (Å²) in [4.78, 5) is 16.8. The number of hydrogen-bond donors (Lipinski definition) is 2. The van der Waals surface area contributed by atoms with Crippen LogP contribution in [-0.2, 0) is 15.8 Å². The molecule has 3 aromatic rings. The number of sulfonamides is 1. The van der Waals surface area contributed by atoms with Gasteiger partial charge in [0.25, 0.3) is 0 Å². The molecule has 3 rings (SSSR count). The number of ether oxygens (including phenoxy) is 1. The van der Waals surface area contributed by atoms with Crippen LogP contribution in [0.15, 0.2) is 54.7 Å². The zero-order valence-electron chi connectivity index (χ0n) is 18.2. The molecule has 0 spiro atoms. The first-order valence-corrected chi connectivity index (χ1v) is 12.7. The van der Waals surface area contributed by atoms with E-state index in [4.69, 9.17) is 4.74 Å². The fourth-order valence-corrected chi connectivity index (χ4v) is 5.18. The van der Waals surface area contributed by atoms with Gasteiger partial charge in [-0.15, -0.1) is 0 Å². The van der Waals surface area contributed by atoms with Gasteiger partial charge < -0.3 is 10.1 Å². The number of rotatable bonds is 7. The molecule has 0 bridgehead atoms.